The maximum atomic E-state index is 15.3. The Morgan fingerprint density at radius 3 is 2.63 bits per heavy atom. The zero-order chi connectivity index (χ0) is 20.7. The van der Waals surface area contributed by atoms with E-state index in [0.29, 0.717) is 29.7 Å². The van der Waals surface area contributed by atoms with Crippen LogP contribution in [-0.4, -0.2) is 33.7 Å². The van der Waals surface area contributed by atoms with Crippen molar-refractivity contribution in [1.29, 1.82) is 0 Å². The second kappa shape index (κ2) is 7.59. The molecule has 0 atom stereocenters. The Labute approximate surface area is 175 Å². The number of aromatic nitrogens is 2. The topological polar surface area (TPSA) is 47.4 Å². The molecule has 1 aromatic heterocycles. The number of fused-ring (bicyclic) bond motifs is 1. The smallest absolute Gasteiger partial charge is 0.254 e. The van der Waals surface area contributed by atoms with E-state index in [0.717, 1.165) is 36.9 Å². The molecule has 5 rings (SSSR count). The standard InChI is InChI=1S/C24H24FN3O2/c1-30-23-17(13-16-7-9-19(10-8-16)28-12-4-11-26-28)14-20-21(22(23)25)15-27(24(20)29)18-5-2-3-6-18/h4,7-12,14,18H,2-3,5-6,13,15H2,1H3. The van der Waals surface area contributed by atoms with Crippen LogP contribution in [-0.2, 0) is 13.0 Å². The summed E-state index contributed by atoms with van der Waals surface area (Å²) >= 11 is 0. The zero-order valence-corrected chi connectivity index (χ0v) is 17.0. The van der Waals surface area contributed by atoms with Gasteiger partial charge in [0.15, 0.2) is 11.6 Å². The van der Waals surface area contributed by atoms with Crippen LogP contribution >= 0.6 is 0 Å². The Morgan fingerprint density at radius 1 is 1.20 bits per heavy atom. The molecule has 0 bridgehead atoms. The quantitative estimate of drug-likeness (QED) is 0.628. The van der Waals surface area contributed by atoms with E-state index in [1.165, 1.54) is 7.11 Å². The number of ether oxygens (including phenoxy) is 1. The van der Waals surface area contributed by atoms with Gasteiger partial charge in [-0.2, -0.15) is 5.10 Å². The summed E-state index contributed by atoms with van der Waals surface area (Å²) in [4.78, 5) is 14.9. The molecule has 0 spiro atoms. The van der Waals surface area contributed by atoms with Crippen LogP contribution in [0.2, 0.25) is 0 Å². The van der Waals surface area contributed by atoms with E-state index in [1.54, 1.807) is 10.9 Å². The number of hydrogen-bond donors (Lipinski definition) is 0. The predicted octanol–water partition coefficient (Wildman–Crippen LogP) is 4.51. The molecular formula is C24H24FN3O2. The monoisotopic (exact) mass is 405 g/mol. The van der Waals surface area contributed by atoms with Gasteiger partial charge < -0.3 is 9.64 Å². The molecule has 1 aliphatic heterocycles. The van der Waals surface area contributed by atoms with Crippen molar-refractivity contribution >= 4 is 5.91 Å². The first-order chi connectivity index (χ1) is 14.7. The molecule has 1 amide bonds. The molecule has 0 N–H and O–H groups in total. The van der Waals surface area contributed by atoms with Crippen molar-refractivity contribution in [1.82, 2.24) is 14.7 Å². The van der Waals surface area contributed by atoms with Crippen molar-refractivity contribution in [3.05, 3.63) is 76.9 Å². The number of methoxy groups -OCH3 is 1. The molecule has 2 heterocycles. The average Bonchev–Trinajstić information content (AvgIpc) is 3.51. The Bertz CT molecular complexity index is 1070. The van der Waals surface area contributed by atoms with Gasteiger partial charge in [-0.05, 0) is 42.7 Å². The third-order valence-electron chi connectivity index (χ3n) is 6.29. The number of halogens is 1. The molecule has 6 heteroatoms. The van der Waals surface area contributed by atoms with Crippen molar-refractivity contribution in [3.8, 4) is 11.4 Å². The lowest BCUT2D eigenvalue weighted by molar-refractivity contribution is 0.0706. The van der Waals surface area contributed by atoms with E-state index in [1.807, 2.05) is 47.5 Å². The van der Waals surface area contributed by atoms with Gasteiger partial charge in [0.1, 0.15) is 0 Å². The zero-order valence-electron chi connectivity index (χ0n) is 17.0. The molecular weight excluding hydrogens is 381 g/mol. The minimum Gasteiger partial charge on any atom is -0.493 e. The largest absolute Gasteiger partial charge is 0.493 e. The molecule has 1 fully saturated rings. The van der Waals surface area contributed by atoms with Crippen LogP contribution in [0.1, 0.15) is 52.7 Å². The highest BCUT2D eigenvalue weighted by Crippen LogP contribution is 2.38. The van der Waals surface area contributed by atoms with Gasteiger partial charge in [0, 0.05) is 41.5 Å². The van der Waals surface area contributed by atoms with E-state index >= 15 is 4.39 Å². The summed E-state index contributed by atoms with van der Waals surface area (Å²) in [5, 5.41) is 4.23. The Kier molecular flexibility index (Phi) is 4.77. The first kappa shape index (κ1) is 18.9. The summed E-state index contributed by atoms with van der Waals surface area (Å²) in [6.45, 7) is 0.347. The number of nitrogens with zero attached hydrogens (tertiary/aromatic N) is 3. The lowest BCUT2D eigenvalue weighted by atomic mass is 9.98. The first-order valence-electron chi connectivity index (χ1n) is 10.4. The number of rotatable bonds is 5. The van der Waals surface area contributed by atoms with E-state index in [-0.39, 0.29) is 17.7 Å². The molecule has 1 aliphatic carbocycles. The van der Waals surface area contributed by atoms with Crippen LogP contribution in [0, 0.1) is 5.82 Å². The summed E-state index contributed by atoms with van der Waals surface area (Å²) in [7, 11) is 1.49. The van der Waals surface area contributed by atoms with Gasteiger partial charge >= 0.3 is 0 Å². The van der Waals surface area contributed by atoms with Crippen LogP contribution in [0.15, 0.2) is 48.8 Å². The van der Waals surface area contributed by atoms with E-state index in [2.05, 4.69) is 5.10 Å². The summed E-state index contributed by atoms with van der Waals surface area (Å²) < 4.78 is 22.5. The highest BCUT2D eigenvalue weighted by atomic mass is 19.1. The SMILES string of the molecule is COc1c(Cc2ccc(-n3cccn3)cc2)cc2c(c1F)CN(C1CCCC1)C2=O. The van der Waals surface area contributed by atoms with Crippen LogP contribution in [0.3, 0.4) is 0 Å². The van der Waals surface area contributed by atoms with Crippen molar-refractivity contribution in [2.24, 2.45) is 0 Å². The maximum absolute atomic E-state index is 15.3. The average molecular weight is 405 g/mol. The molecule has 154 valence electrons. The molecule has 0 unspecified atom stereocenters. The molecule has 30 heavy (non-hydrogen) atoms. The van der Waals surface area contributed by atoms with Gasteiger partial charge in [-0.3, -0.25) is 4.79 Å². The van der Waals surface area contributed by atoms with Crippen LogP contribution < -0.4 is 4.74 Å². The Balaban J connectivity index is 1.45. The van der Waals surface area contributed by atoms with Crippen molar-refractivity contribution in [2.45, 2.75) is 44.7 Å². The molecule has 2 aromatic carbocycles. The van der Waals surface area contributed by atoms with E-state index in [4.69, 9.17) is 4.74 Å². The summed E-state index contributed by atoms with van der Waals surface area (Å²) in [6.07, 6.45) is 8.39. The molecule has 5 nitrogen and oxygen atoms in total. The molecule has 0 saturated heterocycles. The minimum atomic E-state index is -0.396. The fraction of sp³-hybridized carbons (Fsp3) is 0.333. The van der Waals surface area contributed by atoms with Gasteiger partial charge in [-0.15, -0.1) is 0 Å². The Morgan fingerprint density at radius 2 is 1.97 bits per heavy atom. The second-order valence-electron chi connectivity index (χ2n) is 8.07. The van der Waals surface area contributed by atoms with Crippen molar-refractivity contribution in [2.75, 3.05) is 7.11 Å². The number of benzene rings is 2. The van der Waals surface area contributed by atoms with E-state index < -0.39 is 5.82 Å². The number of hydrogen-bond acceptors (Lipinski definition) is 3. The molecule has 3 aromatic rings. The highest BCUT2D eigenvalue weighted by Gasteiger charge is 2.37. The van der Waals surface area contributed by atoms with E-state index in [9.17, 15) is 4.79 Å². The van der Waals surface area contributed by atoms with Crippen LogP contribution in [0.5, 0.6) is 5.75 Å². The van der Waals surface area contributed by atoms with Crippen molar-refractivity contribution in [3.63, 3.8) is 0 Å². The first-order valence-corrected chi connectivity index (χ1v) is 10.4. The molecule has 2 aliphatic rings. The number of carbonyl (C=O) groups is 1. The normalized spacial score (nSPS) is 16.3. The highest BCUT2D eigenvalue weighted by molar-refractivity contribution is 5.99. The molecule has 0 radical (unpaired) electrons. The van der Waals surface area contributed by atoms with Gasteiger partial charge in [0.25, 0.3) is 5.91 Å². The van der Waals surface area contributed by atoms with Gasteiger partial charge in [-0.25, -0.2) is 9.07 Å². The lowest BCUT2D eigenvalue weighted by Crippen LogP contribution is -2.33. The van der Waals surface area contributed by atoms with Crippen LogP contribution in [0.25, 0.3) is 5.69 Å². The minimum absolute atomic E-state index is 0.0475. The van der Waals surface area contributed by atoms with Crippen molar-refractivity contribution < 1.29 is 13.9 Å². The summed E-state index contributed by atoms with van der Waals surface area (Å²) in [6, 6.07) is 11.9. The number of carbonyl (C=O) groups excluding carboxylic acids is 1. The fourth-order valence-electron chi connectivity index (χ4n) is 4.74. The predicted molar refractivity (Wildman–Crippen MR) is 111 cm³/mol. The molecule has 1 saturated carbocycles. The van der Waals surface area contributed by atoms with Crippen LogP contribution in [0.4, 0.5) is 4.39 Å². The Hall–Kier alpha value is -3.15. The van der Waals surface area contributed by atoms with Gasteiger partial charge in [-0.1, -0.05) is 25.0 Å². The number of amides is 1. The van der Waals surface area contributed by atoms with Gasteiger partial charge in [0.2, 0.25) is 0 Å². The maximum Gasteiger partial charge on any atom is 0.254 e. The summed E-state index contributed by atoms with van der Waals surface area (Å²) in [5.74, 6) is -0.202. The van der Waals surface area contributed by atoms with Gasteiger partial charge in [0.05, 0.1) is 19.3 Å². The third-order valence-corrected chi connectivity index (χ3v) is 6.29. The fourth-order valence-corrected chi connectivity index (χ4v) is 4.74. The third kappa shape index (κ3) is 3.16. The summed E-state index contributed by atoms with van der Waals surface area (Å²) in [5.41, 5.74) is 3.63. The second-order valence-corrected chi connectivity index (χ2v) is 8.07. The lowest BCUT2D eigenvalue weighted by Gasteiger charge is -2.23.